The summed E-state index contributed by atoms with van der Waals surface area (Å²) in [5.41, 5.74) is 7.09. The maximum absolute atomic E-state index is 11.2. The normalized spacial score (nSPS) is 10.1. The molecule has 0 saturated heterocycles. The highest BCUT2D eigenvalue weighted by Crippen LogP contribution is 2.21. The van der Waals surface area contributed by atoms with Gasteiger partial charge in [-0.25, -0.2) is 0 Å². The Kier molecular flexibility index (Phi) is 2.64. The summed E-state index contributed by atoms with van der Waals surface area (Å²) in [6.45, 7) is 0. The number of hydrogen-bond acceptors (Lipinski definition) is 3. The fourth-order valence-electron chi connectivity index (χ4n) is 1.51. The summed E-state index contributed by atoms with van der Waals surface area (Å²) in [5, 5.41) is 0. The fraction of sp³-hybridized carbons (Fsp3) is 0.0833. The van der Waals surface area contributed by atoms with Gasteiger partial charge in [0.1, 0.15) is 11.6 Å². The van der Waals surface area contributed by atoms with Crippen molar-refractivity contribution >= 4 is 5.82 Å². The van der Waals surface area contributed by atoms with Crippen LogP contribution in [0, 0.1) is 0 Å². The molecule has 0 radical (unpaired) electrons. The maximum Gasteiger partial charge on any atom is 0.250 e. The van der Waals surface area contributed by atoms with Crippen molar-refractivity contribution in [1.29, 1.82) is 0 Å². The van der Waals surface area contributed by atoms with Crippen LogP contribution in [0.3, 0.4) is 0 Å². The summed E-state index contributed by atoms with van der Waals surface area (Å²) in [7, 11) is 1.61. The summed E-state index contributed by atoms with van der Waals surface area (Å²) in [4.78, 5) is 13.7. The van der Waals surface area contributed by atoms with Gasteiger partial charge in [0.05, 0.1) is 7.11 Å². The first-order chi connectivity index (χ1) is 7.69. The van der Waals surface area contributed by atoms with E-state index in [4.69, 9.17) is 10.5 Å². The number of anilines is 1. The first-order valence-corrected chi connectivity index (χ1v) is 4.83. The van der Waals surface area contributed by atoms with Crippen molar-refractivity contribution in [3.8, 4) is 16.9 Å². The molecule has 2 rings (SSSR count). The highest BCUT2D eigenvalue weighted by molar-refractivity contribution is 5.66. The first-order valence-electron chi connectivity index (χ1n) is 4.83. The monoisotopic (exact) mass is 216 g/mol. The lowest BCUT2D eigenvalue weighted by molar-refractivity contribution is 0.415. The lowest BCUT2D eigenvalue weighted by Crippen LogP contribution is -2.07. The van der Waals surface area contributed by atoms with Crippen molar-refractivity contribution in [3.05, 3.63) is 46.8 Å². The molecule has 1 aromatic carbocycles. The Bertz CT molecular complexity index is 544. The van der Waals surface area contributed by atoms with Crippen LogP contribution in [0.5, 0.6) is 5.75 Å². The lowest BCUT2D eigenvalue weighted by atomic mass is 10.1. The zero-order valence-corrected chi connectivity index (χ0v) is 8.86. The Morgan fingerprint density at radius 2 is 1.81 bits per heavy atom. The number of hydrogen-bond donors (Lipinski definition) is 2. The number of methoxy groups -OCH3 is 1. The molecule has 0 aliphatic carbocycles. The van der Waals surface area contributed by atoms with Crippen LogP contribution in [0.25, 0.3) is 11.1 Å². The molecule has 1 heterocycles. The van der Waals surface area contributed by atoms with Gasteiger partial charge in [0, 0.05) is 6.07 Å². The Hall–Kier alpha value is -2.23. The van der Waals surface area contributed by atoms with E-state index in [2.05, 4.69) is 4.98 Å². The van der Waals surface area contributed by atoms with E-state index in [0.717, 1.165) is 16.9 Å². The Morgan fingerprint density at radius 1 is 1.12 bits per heavy atom. The minimum atomic E-state index is -0.203. The third kappa shape index (κ3) is 2.06. The molecule has 2 aromatic rings. The van der Waals surface area contributed by atoms with Crippen molar-refractivity contribution in [2.24, 2.45) is 0 Å². The smallest absolute Gasteiger partial charge is 0.250 e. The van der Waals surface area contributed by atoms with E-state index in [9.17, 15) is 4.79 Å². The molecule has 3 N–H and O–H groups in total. The number of aromatic nitrogens is 1. The predicted molar refractivity (Wildman–Crippen MR) is 63.5 cm³/mol. The van der Waals surface area contributed by atoms with Crippen LogP contribution in [0.15, 0.2) is 41.2 Å². The van der Waals surface area contributed by atoms with Gasteiger partial charge in [0.25, 0.3) is 0 Å². The Morgan fingerprint density at radius 3 is 2.38 bits per heavy atom. The third-order valence-corrected chi connectivity index (χ3v) is 2.29. The molecule has 0 aliphatic rings. The van der Waals surface area contributed by atoms with E-state index in [-0.39, 0.29) is 5.56 Å². The zero-order chi connectivity index (χ0) is 11.5. The van der Waals surface area contributed by atoms with E-state index < -0.39 is 0 Å². The summed E-state index contributed by atoms with van der Waals surface area (Å²) in [5.74, 6) is 1.14. The largest absolute Gasteiger partial charge is 0.497 e. The number of nitrogen functional groups attached to an aromatic ring is 1. The van der Waals surface area contributed by atoms with Crippen LogP contribution < -0.4 is 16.0 Å². The molecular formula is C12H12N2O2. The number of ether oxygens (including phenoxy) is 1. The lowest BCUT2D eigenvalue weighted by Gasteiger charge is -2.04. The SMILES string of the molecule is COc1ccc(-c2cc(N)[nH]c(=O)c2)cc1. The van der Waals surface area contributed by atoms with E-state index in [1.165, 1.54) is 6.07 Å². The zero-order valence-electron chi connectivity index (χ0n) is 8.86. The summed E-state index contributed by atoms with van der Waals surface area (Å²) < 4.78 is 5.06. The number of pyridine rings is 1. The molecule has 0 saturated carbocycles. The molecule has 0 atom stereocenters. The topological polar surface area (TPSA) is 68.1 Å². The molecule has 0 aliphatic heterocycles. The van der Waals surface area contributed by atoms with Gasteiger partial charge < -0.3 is 15.5 Å². The number of rotatable bonds is 2. The molecule has 4 nitrogen and oxygen atoms in total. The number of aromatic amines is 1. The van der Waals surface area contributed by atoms with E-state index >= 15 is 0 Å². The van der Waals surface area contributed by atoms with Crippen molar-refractivity contribution in [2.45, 2.75) is 0 Å². The van der Waals surface area contributed by atoms with E-state index in [1.807, 2.05) is 24.3 Å². The van der Waals surface area contributed by atoms with Crippen LogP contribution in [0.1, 0.15) is 0 Å². The number of benzene rings is 1. The number of H-pyrrole nitrogens is 1. The molecule has 4 heteroatoms. The van der Waals surface area contributed by atoms with Gasteiger partial charge in [0.15, 0.2) is 0 Å². The van der Waals surface area contributed by atoms with Gasteiger partial charge in [0.2, 0.25) is 5.56 Å². The summed E-state index contributed by atoms with van der Waals surface area (Å²) >= 11 is 0. The van der Waals surface area contributed by atoms with Crippen LogP contribution in [-0.2, 0) is 0 Å². The van der Waals surface area contributed by atoms with Crippen molar-refractivity contribution < 1.29 is 4.74 Å². The molecular weight excluding hydrogens is 204 g/mol. The van der Waals surface area contributed by atoms with Crippen molar-refractivity contribution in [3.63, 3.8) is 0 Å². The van der Waals surface area contributed by atoms with Crippen molar-refractivity contribution in [1.82, 2.24) is 4.98 Å². The molecule has 0 bridgehead atoms. The van der Waals surface area contributed by atoms with Gasteiger partial charge in [-0.1, -0.05) is 12.1 Å². The molecule has 1 aromatic heterocycles. The minimum absolute atomic E-state index is 0.203. The molecule has 0 spiro atoms. The van der Waals surface area contributed by atoms with Gasteiger partial charge in [-0.2, -0.15) is 0 Å². The van der Waals surface area contributed by atoms with Crippen LogP contribution in [0.4, 0.5) is 5.82 Å². The highest BCUT2D eigenvalue weighted by atomic mass is 16.5. The van der Waals surface area contributed by atoms with E-state index in [0.29, 0.717) is 5.82 Å². The summed E-state index contributed by atoms with van der Waals surface area (Å²) in [6.07, 6.45) is 0. The van der Waals surface area contributed by atoms with Crippen LogP contribution in [0.2, 0.25) is 0 Å². The average Bonchev–Trinajstić information content (AvgIpc) is 2.28. The number of nitrogens with two attached hydrogens (primary N) is 1. The first kappa shape index (κ1) is 10.3. The van der Waals surface area contributed by atoms with Gasteiger partial charge >= 0.3 is 0 Å². The molecule has 82 valence electrons. The second kappa shape index (κ2) is 4.10. The van der Waals surface area contributed by atoms with Gasteiger partial charge in [-0.15, -0.1) is 0 Å². The predicted octanol–water partition coefficient (Wildman–Crippen LogP) is 1.63. The third-order valence-electron chi connectivity index (χ3n) is 2.29. The minimum Gasteiger partial charge on any atom is -0.497 e. The standard InChI is InChI=1S/C12H12N2O2/c1-16-10-4-2-8(3-5-10)9-6-11(13)14-12(15)7-9/h2-7H,1H3,(H3,13,14,15). The highest BCUT2D eigenvalue weighted by Gasteiger charge is 2.00. The van der Waals surface area contributed by atoms with Gasteiger partial charge in [-0.05, 0) is 29.3 Å². The maximum atomic E-state index is 11.2. The second-order valence-electron chi connectivity index (χ2n) is 3.42. The number of nitrogens with one attached hydrogen (secondary N) is 1. The summed E-state index contributed by atoms with van der Waals surface area (Å²) in [6, 6.07) is 10.7. The molecule has 16 heavy (non-hydrogen) atoms. The van der Waals surface area contributed by atoms with Gasteiger partial charge in [-0.3, -0.25) is 4.79 Å². The Balaban J connectivity index is 2.46. The molecule has 0 unspecified atom stereocenters. The fourth-order valence-corrected chi connectivity index (χ4v) is 1.51. The average molecular weight is 216 g/mol. The van der Waals surface area contributed by atoms with Crippen LogP contribution >= 0.6 is 0 Å². The van der Waals surface area contributed by atoms with E-state index in [1.54, 1.807) is 13.2 Å². The Labute approximate surface area is 92.7 Å². The van der Waals surface area contributed by atoms with Crippen LogP contribution in [-0.4, -0.2) is 12.1 Å². The molecule has 0 amide bonds. The van der Waals surface area contributed by atoms with Crippen molar-refractivity contribution in [2.75, 3.05) is 12.8 Å². The quantitative estimate of drug-likeness (QED) is 0.801. The second-order valence-corrected chi connectivity index (χ2v) is 3.42. The molecule has 0 fully saturated rings.